The Hall–Kier alpha value is 0.0600. The second kappa shape index (κ2) is 9.30. The van der Waals surface area contributed by atoms with Crippen molar-refractivity contribution in [2.45, 2.75) is 31.2 Å². The lowest BCUT2D eigenvalue weighted by Gasteiger charge is -2.06. The summed E-state index contributed by atoms with van der Waals surface area (Å²) in [5.41, 5.74) is -4.11. The standard InChI is InChI=1S/C9H18F3NOS/c10-9(11,12)15-8-6-13-5-3-1-2-4-7-14/h13-14H,1-8H2. The maximum atomic E-state index is 11.7. The van der Waals surface area contributed by atoms with E-state index >= 15 is 0 Å². The van der Waals surface area contributed by atoms with Crippen LogP contribution in [0.5, 0.6) is 0 Å². The Morgan fingerprint density at radius 3 is 2.27 bits per heavy atom. The first-order valence-electron chi connectivity index (χ1n) is 5.08. The van der Waals surface area contributed by atoms with Crippen molar-refractivity contribution in [3.63, 3.8) is 0 Å². The van der Waals surface area contributed by atoms with Crippen LogP contribution in [-0.2, 0) is 0 Å². The molecule has 0 saturated heterocycles. The van der Waals surface area contributed by atoms with Crippen LogP contribution in [0.15, 0.2) is 0 Å². The molecule has 15 heavy (non-hydrogen) atoms. The Morgan fingerprint density at radius 2 is 1.67 bits per heavy atom. The topological polar surface area (TPSA) is 32.3 Å². The van der Waals surface area contributed by atoms with Crippen LogP contribution in [0.2, 0.25) is 0 Å². The number of rotatable bonds is 9. The van der Waals surface area contributed by atoms with E-state index in [-0.39, 0.29) is 24.1 Å². The number of nitrogens with one attached hydrogen (secondary N) is 1. The van der Waals surface area contributed by atoms with E-state index < -0.39 is 5.51 Å². The summed E-state index contributed by atoms with van der Waals surface area (Å²) in [6.07, 6.45) is 3.76. The van der Waals surface area contributed by atoms with E-state index in [1.54, 1.807) is 0 Å². The first-order chi connectivity index (χ1) is 7.06. The first-order valence-corrected chi connectivity index (χ1v) is 6.07. The van der Waals surface area contributed by atoms with Gasteiger partial charge in [0.25, 0.3) is 0 Å². The van der Waals surface area contributed by atoms with Gasteiger partial charge in [-0.15, -0.1) is 0 Å². The number of thioether (sulfide) groups is 1. The van der Waals surface area contributed by atoms with E-state index in [0.717, 1.165) is 32.2 Å². The Kier molecular flexibility index (Phi) is 9.33. The molecule has 0 aromatic carbocycles. The van der Waals surface area contributed by atoms with E-state index in [2.05, 4.69) is 5.32 Å². The average Bonchev–Trinajstić information content (AvgIpc) is 2.14. The highest BCUT2D eigenvalue weighted by Crippen LogP contribution is 2.29. The van der Waals surface area contributed by atoms with E-state index in [0.29, 0.717) is 6.54 Å². The highest BCUT2D eigenvalue weighted by atomic mass is 32.2. The van der Waals surface area contributed by atoms with Crippen molar-refractivity contribution in [2.24, 2.45) is 0 Å². The molecule has 0 radical (unpaired) electrons. The number of unbranched alkanes of at least 4 members (excludes halogenated alkanes) is 3. The van der Waals surface area contributed by atoms with Crippen LogP contribution in [0.3, 0.4) is 0 Å². The van der Waals surface area contributed by atoms with E-state index in [1.165, 1.54) is 0 Å². The number of hydrogen-bond donors (Lipinski definition) is 2. The molecule has 0 aromatic rings. The largest absolute Gasteiger partial charge is 0.441 e. The quantitative estimate of drug-likeness (QED) is 0.612. The molecule has 2 nitrogen and oxygen atoms in total. The molecule has 0 rings (SSSR count). The normalized spacial score (nSPS) is 12.0. The molecule has 0 atom stereocenters. The predicted octanol–water partition coefficient (Wildman–Crippen LogP) is 2.38. The van der Waals surface area contributed by atoms with Crippen molar-refractivity contribution in [3.8, 4) is 0 Å². The van der Waals surface area contributed by atoms with Gasteiger partial charge in [0.05, 0.1) is 0 Å². The maximum Gasteiger partial charge on any atom is 0.441 e. The molecule has 2 N–H and O–H groups in total. The Balaban J connectivity index is 2.99. The molecule has 0 aliphatic carbocycles. The Bertz CT molecular complexity index is 144. The van der Waals surface area contributed by atoms with Gasteiger partial charge in [0.2, 0.25) is 0 Å². The third kappa shape index (κ3) is 14.1. The lowest BCUT2D eigenvalue weighted by Crippen LogP contribution is -2.19. The van der Waals surface area contributed by atoms with E-state index in [9.17, 15) is 13.2 Å². The fourth-order valence-electron chi connectivity index (χ4n) is 1.08. The van der Waals surface area contributed by atoms with Gasteiger partial charge in [-0.25, -0.2) is 0 Å². The molecule has 92 valence electrons. The fraction of sp³-hybridized carbons (Fsp3) is 1.00. The van der Waals surface area contributed by atoms with Gasteiger partial charge in [-0.05, 0) is 31.1 Å². The molecule has 0 bridgehead atoms. The maximum absolute atomic E-state index is 11.7. The number of hydrogen-bond acceptors (Lipinski definition) is 3. The molecule has 0 fully saturated rings. The summed E-state index contributed by atoms with van der Waals surface area (Å²) >= 11 is 0.00993. The number of alkyl halides is 3. The SMILES string of the molecule is OCCCCCCNCCSC(F)(F)F. The minimum atomic E-state index is -4.11. The third-order valence-corrected chi connectivity index (χ3v) is 2.54. The minimum absolute atomic E-state index is 0.00993. The lowest BCUT2D eigenvalue weighted by molar-refractivity contribution is -0.0327. The van der Waals surface area contributed by atoms with Crippen molar-refractivity contribution < 1.29 is 18.3 Å². The van der Waals surface area contributed by atoms with Crippen LogP contribution in [0.4, 0.5) is 13.2 Å². The lowest BCUT2D eigenvalue weighted by atomic mass is 10.2. The molecule has 0 unspecified atom stereocenters. The fourth-order valence-corrected chi connectivity index (χ4v) is 1.56. The van der Waals surface area contributed by atoms with Gasteiger partial charge in [-0.3, -0.25) is 0 Å². The van der Waals surface area contributed by atoms with Crippen molar-refractivity contribution >= 4 is 11.8 Å². The first kappa shape index (κ1) is 15.1. The number of halogens is 3. The molecule has 0 amide bonds. The molecule has 0 aromatic heterocycles. The smallest absolute Gasteiger partial charge is 0.396 e. The van der Waals surface area contributed by atoms with Crippen LogP contribution in [-0.4, -0.2) is 36.1 Å². The van der Waals surface area contributed by atoms with Crippen molar-refractivity contribution in [1.29, 1.82) is 0 Å². The predicted molar refractivity (Wildman–Crippen MR) is 56.9 cm³/mol. The summed E-state index contributed by atoms with van der Waals surface area (Å²) in [7, 11) is 0. The molecular formula is C9H18F3NOS. The van der Waals surface area contributed by atoms with Crippen molar-refractivity contribution in [3.05, 3.63) is 0 Å². The van der Waals surface area contributed by atoms with Crippen LogP contribution in [0.1, 0.15) is 25.7 Å². The minimum Gasteiger partial charge on any atom is -0.396 e. The van der Waals surface area contributed by atoms with Crippen LogP contribution in [0.25, 0.3) is 0 Å². The Morgan fingerprint density at radius 1 is 1.00 bits per heavy atom. The molecule has 0 saturated carbocycles. The number of aliphatic hydroxyl groups is 1. The van der Waals surface area contributed by atoms with Gasteiger partial charge in [0, 0.05) is 18.9 Å². The molecule has 0 heterocycles. The van der Waals surface area contributed by atoms with Gasteiger partial charge in [0.15, 0.2) is 0 Å². The average molecular weight is 245 g/mol. The van der Waals surface area contributed by atoms with Gasteiger partial charge in [0.1, 0.15) is 0 Å². The van der Waals surface area contributed by atoms with Crippen LogP contribution in [0, 0.1) is 0 Å². The summed E-state index contributed by atoms with van der Waals surface area (Å²) in [6.45, 7) is 1.36. The molecule has 0 aliphatic rings. The van der Waals surface area contributed by atoms with Gasteiger partial charge >= 0.3 is 5.51 Å². The zero-order chi connectivity index (χ0) is 11.6. The second-order valence-electron chi connectivity index (χ2n) is 3.18. The summed E-state index contributed by atoms with van der Waals surface area (Å²) in [4.78, 5) is 0. The molecule has 0 aliphatic heterocycles. The monoisotopic (exact) mass is 245 g/mol. The summed E-state index contributed by atoms with van der Waals surface area (Å²) in [6, 6.07) is 0. The summed E-state index contributed by atoms with van der Waals surface area (Å²) in [5.74, 6) is 0.0696. The molecular weight excluding hydrogens is 227 g/mol. The second-order valence-corrected chi connectivity index (χ2v) is 4.34. The van der Waals surface area contributed by atoms with Gasteiger partial charge < -0.3 is 10.4 Å². The molecule has 6 heteroatoms. The summed E-state index contributed by atoms with van der Waals surface area (Å²) < 4.78 is 35.0. The molecule has 0 spiro atoms. The number of aliphatic hydroxyl groups excluding tert-OH is 1. The Labute approximate surface area is 92.6 Å². The highest BCUT2D eigenvalue weighted by molar-refractivity contribution is 8.00. The van der Waals surface area contributed by atoms with Gasteiger partial charge in [-0.1, -0.05) is 12.8 Å². The zero-order valence-corrected chi connectivity index (χ0v) is 9.46. The van der Waals surface area contributed by atoms with Crippen molar-refractivity contribution in [1.82, 2.24) is 5.32 Å². The van der Waals surface area contributed by atoms with Gasteiger partial charge in [-0.2, -0.15) is 13.2 Å². The summed E-state index contributed by atoms with van der Waals surface area (Å²) in [5, 5.41) is 11.4. The zero-order valence-electron chi connectivity index (χ0n) is 8.65. The van der Waals surface area contributed by atoms with Crippen molar-refractivity contribution in [2.75, 3.05) is 25.4 Å². The van der Waals surface area contributed by atoms with Crippen LogP contribution < -0.4 is 5.32 Å². The highest BCUT2D eigenvalue weighted by Gasteiger charge is 2.27. The van der Waals surface area contributed by atoms with Crippen LogP contribution >= 0.6 is 11.8 Å². The van der Waals surface area contributed by atoms with E-state index in [4.69, 9.17) is 5.11 Å². The third-order valence-electron chi connectivity index (χ3n) is 1.81. The van der Waals surface area contributed by atoms with E-state index in [1.807, 2.05) is 0 Å².